The van der Waals surface area contributed by atoms with Crippen molar-refractivity contribution in [1.29, 1.82) is 0 Å². The fourth-order valence-electron chi connectivity index (χ4n) is 3.93. The Morgan fingerprint density at radius 3 is 2.22 bits per heavy atom. The third-order valence-corrected chi connectivity index (χ3v) is 5.67. The van der Waals surface area contributed by atoms with Gasteiger partial charge in [-0.25, -0.2) is 4.79 Å². The van der Waals surface area contributed by atoms with Crippen molar-refractivity contribution in [2.75, 3.05) is 39.3 Å². The summed E-state index contributed by atoms with van der Waals surface area (Å²) in [6.07, 6.45) is -0.0228. The molecular weight excluding hydrogens is 474 g/mol. The van der Waals surface area contributed by atoms with Gasteiger partial charge in [0.05, 0.1) is 16.1 Å². The van der Waals surface area contributed by atoms with Crippen LogP contribution in [0, 0.1) is 10.1 Å². The van der Waals surface area contributed by atoms with Crippen LogP contribution in [0.4, 0.5) is 10.5 Å². The van der Waals surface area contributed by atoms with Crippen molar-refractivity contribution in [2.45, 2.75) is 39.2 Å². The van der Waals surface area contributed by atoms with Gasteiger partial charge >= 0.3 is 6.09 Å². The highest BCUT2D eigenvalue weighted by Gasteiger charge is 2.38. The highest BCUT2D eigenvalue weighted by atomic mass is 16.6. The minimum absolute atomic E-state index is 0.0195. The van der Waals surface area contributed by atoms with Crippen LogP contribution in [0.15, 0.2) is 18.2 Å². The highest BCUT2D eigenvalue weighted by Crippen LogP contribution is 2.26. The predicted octanol–water partition coefficient (Wildman–Crippen LogP) is 1.17. The van der Waals surface area contributed by atoms with E-state index in [0.717, 1.165) is 17.0 Å². The van der Waals surface area contributed by atoms with Crippen molar-refractivity contribution < 1.29 is 33.6 Å². The minimum Gasteiger partial charge on any atom is -0.444 e. The van der Waals surface area contributed by atoms with Gasteiger partial charge in [-0.1, -0.05) is 0 Å². The van der Waals surface area contributed by atoms with Gasteiger partial charge in [0.1, 0.15) is 12.1 Å². The molecule has 13 nitrogen and oxygen atoms in total. The number of carbonyl (C=O) groups excluding carboxylic acids is 5. The van der Waals surface area contributed by atoms with Gasteiger partial charge < -0.3 is 19.9 Å². The van der Waals surface area contributed by atoms with Gasteiger partial charge in [0.15, 0.2) is 0 Å². The molecule has 1 N–H and O–H groups in total. The quantitative estimate of drug-likeness (QED) is 0.344. The summed E-state index contributed by atoms with van der Waals surface area (Å²) in [7, 11) is 0. The van der Waals surface area contributed by atoms with Crippen molar-refractivity contribution in [3.05, 3.63) is 39.4 Å². The molecule has 1 aromatic carbocycles. The molecular formula is C23H29N5O8. The molecule has 2 aliphatic rings. The molecule has 0 aromatic heterocycles. The Kier molecular flexibility index (Phi) is 7.90. The molecule has 13 heteroatoms. The Morgan fingerprint density at radius 1 is 1.00 bits per heavy atom. The maximum Gasteiger partial charge on any atom is 0.407 e. The highest BCUT2D eigenvalue weighted by molar-refractivity contribution is 6.22. The van der Waals surface area contributed by atoms with Gasteiger partial charge in [0, 0.05) is 51.3 Å². The number of carbonyl (C=O) groups is 5. The summed E-state index contributed by atoms with van der Waals surface area (Å²) in [5.74, 6) is -2.07. The number of nitro benzene ring substituents is 1. The third-order valence-electron chi connectivity index (χ3n) is 5.67. The lowest BCUT2D eigenvalue weighted by Crippen LogP contribution is -2.44. The number of nitrogens with one attached hydrogen (secondary N) is 1. The topological polar surface area (TPSA) is 159 Å². The van der Waals surface area contributed by atoms with E-state index in [1.165, 1.54) is 11.0 Å². The van der Waals surface area contributed by atoms with Crippen molar-refractivity contribution in [3.63, 3.8) is 0 Å². The number of imide groups is 1. The molecule has 2 aliphatic heterocycles. The van der Waals surface area contributed by atoms with E-state index in [1.807, 2.05) is 0 Å². The van der Waals surface area contributed by atoms with Crippen LogP contribution in [0.1, 0.15) is 54.3 Å². The molecule has 0 unspecified atom stereocenters. The number of nitrogens with zero attached hydrogens (tertiary/aromatic N) is 4. The van der Waals surface area contributed by atoms with E-state index in [0.29, 0.717) is 19.5 Å². The maximum atomic E-state index is 12.9. The number of non-ortho nitro benzene ring substituents is 1. The molecule has 0 atom stereocenters. The summed E-state index contributed by atoms with van der Waals surface area (Å²) in [6.45, 7) is 6.09. The molecule has 0 aliphatic carbocycles. The van der Waals surface area contributed by atoms with Crippen molar-refractivity contribution >= 4 is 35.4 Å². The van der Waals surface area contributed by atoms with Gasteiger partial charge in [-0.3, -0.25) is 34.2 Å². The molecule has 194 valence electrons. The number of amides is 5. The second-order valence-corrected chi connectivity index (χ2v) is 9.48. The summed E-state index contributed by atoms with van der Waals surface area (Å²) in [5.41, 5.74) is -1.04. The Bertz CT molecular complexity index is 1100. The monoisotopic (exact) mass is 503 g/mol. The van der Waals surface area contributed by atoms with Gasteiger partial charge in [0.25, 0.3) is 17.5 Å². The van der Waals surface area contributed by atoms with E-state index in [9.17, 15) is 34.1 Å². The van der Waals surface area contributed by atoms with Crippen molar-refractivity contribution in [1.82, 2.24) is 20.0 Å². The average molecular weight is 504 g/mol. The Labute approximate surface area is 207 Å². The Hall–Kier alpha value is -4.03. The number of nitro groups is 1. The van der Waals surface area contributed by atoms with E-state index in [1.54, 1.807) is 25.7 Å². The summed E-state index contributed by atoms with van der Waals surface area (Å²) >= 11 is 0. The van der Waals surface area contributed by atoms with Crippen LogP contribution in [-0.4, -0.2) is 94.2 Å². The molecule has 36 heavy (non-hydrogen) atoms. The first-order chi connectivity index (χ1) is 16.9. The lowest BCUT2D eigenvalue weighted by Gasteiger charge is -2.24. The normalized spacial score (nSPS) is 15.9. The van der Waals surface area contributed by atoms with Gasteiger partial charge in [-0.05, 0) is 33.3 Å². The Balaban J connectivity index is 1.51. The van der Waals surface area contributed by atoms with E-state index >= 15 is 0 Å². The largest absolute Gasteiger partial charge is 0.444 e. The number of ether oxygens (including phenoxy) is 1. The molecule has 0 bridgehead atoms. The number of benzene rings is 1. The van der Waals surface area contributed by atoms with Crippen molar-refractivity contribution in [2.24, 2.45) is 0 Å². The van der Waals surface area contributed by atoms with Crippen LogP contribution in [0.2, 0.25) is 0 Å². The zero-order valence-electron chi connectivity index (χ0n) is 20.4. The van der Waals surface area contributed by atoms with Crippen LogP contribution in [0.3, 0.4) is 0 Å². The van der Waals surface area contributed by atoms with Crippen molar-refractivity contribution in [3.8, 4) is 0 Å². The maximum absolute atomic E-state index is 12.9. The van der Waals surface area contributed by atoms with Gasteiger partial charge in [-0.15, -0.1) is 0 Å². The Morgan fingerprint density at radius 2 is 1.61 bits per heavy atom. The predicted molar refractivity (Wildman–Crippen MR) is 125 cm³/mol. The molecule has 1 saturated heterocycles. The zero-order valence-corrected chi connectivity index (χ0v) is 20.4. The number of rotatable bonds is 6. The zero-order chi connectivity index (χ0) is 26.6. The van der Waals surface area contributed by atoms with Crippen LogP contribution < -0.4 is 5.32 Å². The lowest BCUT2D eigenvalue weighted by molar-refractivity contribution is -0.384. The molecule has 3 rings (SSSR count). The minimum atomic E-state index is -0.754. The first-order valence-corrected chi connectivity index (χ1v) is 11.5. The summed E-state index contributed by atoms with van der Waals surface area (Å²) in [6, 6.07) is 3.39. The van der Waals surface area contributed by atoms with Crippen LogP contribution in [0.25, 0.3) is 0 Å². The summed E-state index contributed by atoms with van der Waals surface area (Å²) < 4.78 is 5.13. The molecule has 0 spiro atoms. The first kappa shape index (κ1) is 26.6. The number of fused-ring (bicyclic) bond motifs is 1. The summed E-state index contributed by atoms with van der Waals surface area (Å²) in [5, 5.41) is 13.5. The SMILES string of the molecule is CC(C)(C)OC(=O)NCCC(=O)N1CCCN(C(=O)CN2C(=O)c3ccc([N+](=O)[O-])cc3C2=O)CC1. The second-order valence-electron chi connectivity index (χ2n) is 9.48. The van der Waals surface area contributed by atoms with Crippen LogP contribution in [-0.2, 0) is 14.3 Å². The van der Waals surface area contributed by atoms with Gasteiger partial charge in [-0.2, -0.15) is 0 Å². The van der Waals surface area contributed by atoms with E-state index in [-0.39, 0.29) is 48.8 Å². The number of hydrogen-bond acceptors (Lipinski definition) is 8. The van der Waals surface area contributed by atoms with E-state index in [2.05, 4.69) is 5.32 Å². The second kappa shape index (κ2) is 10.7. The van der Waals surface area contributed by atoms with E-state index < -0.39 is 40.9 Å². The number of alkyl carbamates (subject to hydrolysis) is 1. The molecule has 5 amide bonds. The molecule has 1 fully saturated rings. The van der Waals surface area contributed by atoms with Crippen LogP contribution in [0.5, 0.6) is 0 Å². The fourth-order valence-corrected chi connectivity index (χ4v) is 3.93. The van der Waals surface area contributed by atoms with Crippen LogP contribution >= 0.6 is 0 Å². The first-order valence-electron chi connectivity index (χ1n) is 11.5. The molecule has 2 heterocycles. The summed E-state index contributed by atoms with van der Waals surface area (Å²) in [4.78, 5) is 76.6. The number of hydrogen-bond donors (Lipinski definition) is 1. The van der Waals surface area contributed by atoms with E-state index in [4.69, 9.17) is 4.74 Å². The van der Waals surface area contributed by atoms with Gasteiger partial charge in [0.2, 0.25) is 11.8 Å². The lowest BCUT2D eigenvalue weighted by atomic mass is 10.1. The third kappa shape index (κ3) is 6.34. The average Bonchev–Trinajstić information content (AvgIpc) is 2.96. The molecule has 1 aromatic rings. The molecule has 0 radical (unpaired) electrons. The fraction of sp³-hybridized carbons (Fsp3) is 0.522. The standard InChI is InChI=1S/C23H29N5O8/c1-23(2,3)36-22(33)24-8-7-18(29)25-9-4-10-26(12-11-25)19(30)14-27-20(31)16-6-5-15(28(34)35)13-17(16)21(27)32/h5-6,13H,4,7-12,14H2,1-3H3,(H,24,33). The smallest absolute Gasteiger partial charge is 0.407 e. The molecule has 0 saturated carbocycles.